The predicted octanol–water partition coefficient (Wildman–Crippen LogP) is 2.02. The molecule has 1 atom stereocenters. The first kappa shape index (κ1) is 15.5. The maximum absolute atomic E-state index is 12.3. The van der Waals surface area contributed by atoms with E-state index in [0.29, 0.717) is 10.4 Å². The summed E-state index contributed by atoms with van der Waals surface area (Å²) < 4.78 is 2.15. The van der Waals surface area contributed by atoms with Gasteiger partial charge < -0.3 is 10.2 Å². The average molecular weight is 343 g/mol. The van der Waals surface area contributed by atoms with Gasteiger partial charge in [-0.1, -0.05) is 0 Å². The van der Waals surface area contributed by atoms with E-state index in [1.165, 1.54) is 11.1 Å². The lowest BCUT2D eigenvalue weighted by Gasteiger charge is -2.34. The van der Waals surface area contributed by atoms with Gasteiger partial charge in [-0.15, -0.1) is 0 Å². The number of rotatable bonds is 4. The van der Waals surface area contributed by atoms with E-state index in [0.717, 1.165) is 31.7 Å². The molecular formula is C14H23BrN4O. The third-order valence-corrected chi connectivity index (χ3v) is 4.51. The fraction of sp³-hybridized carbons (Fsp3) is 0.714. The third-order valence-electron chi connectivity index (χ3n) is 3.77. The summed E-state index contributed by atoms with van der Waals surface area (Å²) in [4.78, 5) is 14.6. The Kier molecular flexibility index (Phi) is 5.21. The van der Waals surface area contributed by atoms with Crippen LogP contribution < -0.4 is 15.8 Å². The molecule has 0 radical (unpaired) electrons. The van der Waals surface area contributed by atoms with Gasteiger partial charge in [-0.05, 0) is 62.1 Å². The Bertz CT molecular complexity index is 512. The van der Waals surface area contributed by atoms with Crippen LogP contribution in [-0.4, -0.2) is 36.5 Å². The predicted molar refractivity (Wildman–Crippen MR) is 85.4 cm³/mol. The maximum Gasteiger partial charge on any atom is 0.283 e. The fourth-order valence-electron chi connectivity index (χ4n) is 2.76. The molecule has 1 aliphatic heterocycles. The zero-order valence-electron chi connectivity index (χ0n) is 12.4. The lowest BCUT2D eigenvalue weighted by atomic mass is 9.98. The number of nitrogens with zero attached hydrogens (tertiary/aromatic N) is 3. The Morgan fingerprint density at radius 2 is 2.30 bits per heavy atom. The summed E-state index contributed by atoms with van der Waals surface area (Å²) in [5, 5.41) is 7.54. The lowest BCUT2D eigenvalue weighted by Crippen LogP contribution is -2.40. The van der Waals surface area contributed by atoms with E-state index in [1.807, 2.05) is 27.1 Å². The van der Waals surface area contributed by atoms with E-state index in [1.54, 1.807) is 0 Å². The zero-order valence-corrected chi connectivity index (χ0v) is 14.0. The van der Waals surface area contributed by atoms with Crippen molar-refractivity contribution in [3.8, 4) is 0 Å². The average Bonchev–Trinajstić information content (AvgIpc) is 2.42. The van der Waals surface area contributed by atoms with Crippen LogP contribution in [0.3, 0.4) is 0 Å². The summed E-state index contributed by atoms with van der Waals surface area (Å²) >= 11 is 3.46. The first-order valence-corrected chi connectivity index (χ1v) is 8.00. The van der Waals surface area contributed by atoms with Gasteiger partial charge in [0, 0.05) is 13.1 Å². The SMILES string of the molecule is CNCC1CCCN(c2cnn(C(C)C)c(=O)c2Br)C1. The van der Waals surface area contributed by atoms with Crippen LogP contribution in [-0.2, 0) is 0 Å². The number of piperidine rings is 1. The van der Waals surface area contributed by atoms with Gasteiger partial charge in [-0.25, -0.2) is 4.68 Å². The number of hydrogen-bond acceptors (Lipinski definition) is 4. The Balaban J connectivity index is 2.25. The molecule has 112 valence electrons. The molecule has 0 aromatic carbocycles. The summed E-state index contributed by atoms with van der Waals surface area (Å²) in [7, 11) is 1.99. The molecule has 1 aromatic heterocycles. The van der Waals surface area contributed by atoms with Crippen LogP contribution in [0.2, 0.25) is 0 Å². The van der Waals surface area contributed by atoms with Crippen molar-refractivity contribution in [2.24, 2.45) is 5.92 Å². The molecular weight excluding hydrogens is 320 g/mol. The summed E-state index contributed by atoms with van der Waals surface area (Å²) in [5.41, 5.74) is 0.876. The second kappa shape index (κ2) is 6.72. The first-order chi connectivity index (χ1) is 9.54. The van der Waals surface area contributed by atoms with Crippen LogP contribution >= 0.6 is 15.9 Å². The van der Waals surface area contributed by atoms with Gasteiger partial charge in [0.15, 0.2) is 0 Å². The van der Waals surface area contributed by atoms with E-state index in [4.69, 9.17) is 0 Å². The minimum Gasteiger partial charge on any atom is -0.369 e. The summed E-state index contributed by atoms with van der Waals surface area (Å²) in [6, 6.07) is 0.0752. The minimum atomic E-state index is -0.0479. The first-order valence-electron chi connectivity index (χ1n) is 7.21. The molecule has 1 N–H and O–H groups in total. The monoisotopic (exact) mass is 342 g/mol. The molecule has 5 nitrogen and oxygen atoms in total. The number of aromatic nitrogens is 2. The van der Waals surface area contributed by atoms with E-state index in [-0.39, 0.29) is 11.6 Å². The van der Waals surface area contributed by atoms with Crippen molar-refractivity contribution in [3.05, 3.63) is 21.0 Å². The molecule has 0 aliphatic carbocycles. The van der Waals surface area contributed by atoms with E-state index in [9.17, 15) is 4.79 Å². The van der Waals surface area contributed by atoms with Gasteiger partial charge in [-0.3, -0.25) is 4.79 Å². The van der Waals surface area contributed by atoms with E-state index >= 15 is 0 Å². The molecule has 0 saturated carbocycles. The van der Waals surface area contributed by atoms with Crippen molar-refractivity contribution in [3.63, 3.8) is 0 Å². The second-order valence-corrected chi connectivity index (χ2v) is 6.49. The third kappa shape index (κ3) is 3.23. The molecule has 2 rings (SSSR count). The Morgan fingerprint density at radius 1 is 1.55 bits per heavy atom. The highest BCUT2D eigenvalue weighted by Crippen LogP contribution is 2.27. The lowest BCUT2D eigenvalue weighted by molar-refractivity contribution is 0.401. The minimum absolute atomic E-state index is 0.0479. The van der Waals surface area contributed by atoms with Crippen molar-refractivity contribution in [2.45, 2.75) is 32.7 Å². The van der Waals surface area contributed by atoms with Gasteiger partial charge in [0.05, 0.1) is 17.9 Å². The van der Waals surface area contributed by atoms with Gasteiger partial charge in [0.25, 0.3) is 5.56 Å². The number of hydrogen-bond donors (Lipinski definition) is 1. The van der Waals surface area contributed by atoms with Gasteiger partial charge in [0.2, 0.25) is 0 Å². The molecule has 2 heterocycles. The molecule has 1 aliphatic rings. The molecule has 0 amide bonds. The molecule has 0 spiro atoms. The number of anilines is 1. The molecule has 1 saturated heterocycles. The highest BCUT2D eigenvalue weighted by atomic mass is 79.9. The summed E-state index contributed by atoms with van der Waals surface area (Å²) in [6.45, 7) is 6.91. The quantitative estimate of drug-likeness (QED) is 0.909. The molecule has 6 heteroatoms. The van der Waals surface area contributed by atoms with Crippen LogP contribution in [0.25, 0.3) is 0 Å². The standard InChI is InChI=1S/C14H23BrN4O/c1-10(2)19-14(20)13(15)12(8-17-19)18-6-4-5-11(9-18)7-16-3/h8,10-11,16H,4-7,9H2,1-3H3. The molecule has 0 bridgehead atoms. The topological polar surface area (TPSA) is 50.2 Å². The number of halogens is 1. The smallest absolute Gasteiger partial charge is 0.283 e. The molecule has 1 aromatic rings. The zero-order chi connectivity index (χ0) is 14.7. The van der Waals surface area contributed by atoms with Gasteiger partial charge in [-0.2, -0.15) is 5.10 Å². The van der Waals surface area contributed by atoms with Crippen molar-refractivity contribution < 1.29 is 0 Å². The normalized spacial score (nSPS) is 19.6. The highest BCUT2D eigenvalue weighted by Gasteiger charge is 2.23. The molecule has 1 unspecified atom stereocenters. The summed E-state index contributed by atoms with van der Waals surface area (Å²) in [6.07, 6.45) is 4.21. The van der Waals surface area contributed by atoms with Crippen molar-refractivity contribution in [1.29, 1.82) is 0 Å². The van der Waals surface area contributed by atoms with Crippen LogP contribution in [0.4, 0.5) is 5.69 Å². The number of nitrogens with one attached hydrogen (secondary N) is 1. The van der Waals surface area contributed by atoms with Crippen LogP contribution in [0.5, 0.6) is 0 Å². The maximum atomic E-state index is 12.3. The highest BCUT2D eigenvalue weighted by molar-refractivity contribution is 9.10. The molecule has 20 heavy (non-hydrogen) atoms. The van der Waals surface area contributed by atoms with Gasteiger partial charge >= 0.3 is 0 Å². The Morgan fingerprint density at radius 3 is 2.95 bits per heavy atom. The second-order valence-electron chi connectivity index (χ2n) is 5.70. The van der Waals surface area contributed by atoms with Crippen LogP contribution in [0.15, 0.2) is 15.5 Å². The van der Waals surface area contributed by atoms with Gasteiger partial charge in [0.1, 0.15) is 4.47 Å². The van der Waals surface area contributed by atoms with Crippen LogP contribution in [0, 0.1) is 5.92 Å². The van der Waals surface area contributed by atoms with Crippen molar-refractivity contribution >= 4 is 21.6 Å². The van der Waals surface area contributed by atoms with E-state index in [2.05, 4.69) is 31.2 Å². The largest absolute Gasteiger partial charge is 0.369 e. The van der Waals surface area contributed by atoms with Crippen molar-refractivity contribution in [2.75, 3.05) is 31.6 Å². The fourth-order valence-corrected chi connectivity index (χ4v) is 3.30. The Labute approximate surface area is 128 Å². The van der Waals surface area contributed by atoms with Crippen LogP contribution in [0.1, 0.15) is 32.7 Å². The summed E-state index contributed by atoms with van der Waals surface area (Å²) in [5.74, 6) is 0.633. The van der Waals surface area contributed by atoms with Crippen molar-refractivity contribution in [1.82, 2.24) is 15.1 Å². The molecule has 1 fully saturated rings. The van der Waals surface area contributed by atoms with E-state index < -0.39 is 0 Å². The Hall–Kier alpha value is -0.880.